The summed E-state index contributed by atoms with van der Waals surface area (Å²) in [5, 5.41) is 12.0. The third-order valence-corrected chi connectivity index (χ3v) is 3.43. The Morgan fingerprint density at radius 3 is 2.53 bits per heavy atom. The molecule has 3 nitrogen and oxygen atoms in total. The fraction of sp³-hybridized carbons (Fsp3) is 0. The van der Waals surface area contributed by atoms with Crippen LogP contribution < -0.4 is 5.32 Å². The predicted molar refractivity (Wildman–Crippen MR) is 74.1 cm³/mol. The van der Waals surface area contributed by atoms with Crippen LogP contribution in [-0.4, -0.2) is 4.98 Å². The van der Waals surface area contributed by atoms with Crippen molar-refractivity contribution < 1.29 is 0 Å². The molecule has 0 bridgehead atoms. The quantitative estimate of drug-likeness (QED) is 0.880. The average Bonchev–Trinajstić information content (AvgIpc) is 2.34. The molecule has 5 heteroatoms. The van der Waals surface area contributed by atoms with Gasteiger partial charge in [-0.05, 0) is 56.1 Å². The number of nitriles is 1. The van der Waals surface area contributed by atoms with E-state index >= 15 is 0 Å². The molecule has 1 N–H and O–H groups in total. The normalized spacial score (nSPS) is 9.71. The number of pyridine rings is 1. The van der Waals surface area contributed by atoms with E-state index in [9.17, 15) is 0 Å². The highest BCUT2D eigenvalue weighted by Gasteiger charge is 2.04. The Labute approximate surface area is 116 Å². The van der Waals surface area contributed by atoms with Gasteiger partial charge >= 0.3 is 0 Å². The zero-order chi connectivity index (χ0) is 12.3. The molecule has 0 saturated heterocycles. The van der Waals surface area contributed by atoms with Crippen LogP contribution in [-0.2, 0) is 0 Å². The minimum absolute atomic E-state index is 0.621. The van der Waals surface area contributed by atoms with E-state index in [1.165, 1.54) is 0 Å². The molecule has 1 heterocycles. The molecule has 0 radical (unpaired) electrons. The first-order valence-corrected chi connectivity index (χ1v) is 6.35. The van der Waals surface area contributed by atoms with Crippen molar-refractivity contribution in [2.24, 2.45) is 0 Å². The smallest absolute Gasteiger partial charge is 0.0992 e. The third-order valence-electron chi connectivity index (χ3n) is 2.14. The number of hydrogen-bond donors (Lipinski definition) is 1. The highest BCUT2D eigenvalue weighted by Crippen LogP contribution is 2.29. The summed E-state index contributed by atoms with van der Waals surface area (Å²) in [6.45, 7) is 0. The van der Waals surface area contributed by atoms with Crippen molar-refractivity contribution >= 4 is 43.2 Å². The Balaban J connectivity index is 2.32. The summed E-state index contributed by atoms with van der Waals surface area (Å²) in [6.07, 6.45) is 3.44. The summed E-state index contributed by atoms with van der Waals surface area (Å²) in [4.78, 5) is 3.99. The van der Waals surface area contributed by atoms with Crippen LogP contribution in [0, 0.1) is 11.3 Å². The van der Waals surface area contributed by atoms with Gasteiger partial charge in [-0.1, -0.05) is 0 Å². The Morgan fingerprint density at radius 1 is 1.12 bits per heavy atom. The van der Waals surface area contributed by atoms with Crippen molar-refractivity contribution in [3.8, 4) is 6.07 Å². The fourth-order valence-electron chi connectivity index (χ4n) is 1.31. The number of halogens is 2. The van der Waals surface area contributed by atoms with Crippen LogP contribution in [0.2, 0.25) is 0 Å². The van der Waals surface area contributed by atoms with Gasteiger partial charge in [-0.15, -0.1) is 0 Å². The van der Waals surface area contributed by atoms with E-state index in [1.807, 2.05) is 12.1 Å². The molecule has 0 fully saturated rings. The molecule has 0 aliphatic rings. The van der Waals surface area contributed by atoms with Gasteiger partial charge in [-0.3, -0.25) is 4.98 Å². The van der Waals surface area contributed by atoms with E-state index in [0.29, 0.717) is 5.56 Å². The van der Waals surface area contributed by atoms with Gasteiger partial charge in [0.05, 0.1) is 27.5 Å². The molecule has 0 amide bonds. The first kappa shape index (κ1) is 12.1. The Hall–Kier alpha value is -1.38. The second-order valence-corrected chi connectivity index (χ2v) is 5.00. The number of hydrogen-bond acceptors (Lipinski definition) is 3. The first-order chi connectivity index (χ1) is 8.20. The Bertz CT molecular complexity index is 591. The molecule has 1 aromatic carbocycles. The summed E-state index contributed by atoms with van der Waals surface area (Å²) in [5.74, 6) is 0. The van der Waals surface area contributed by atoms with Crippen molar-refractivity contribution in [2.45, 2.75) is 0 Å². The summed E-state index contributed by atoms with van der Waals surface area (Å²) in [6, 6.07) is 9.36. The standard InChI is InChI=1S/C12H7Br2N3/c13-9-5-8(6-15)1-2-11(9)17-12-3-4-16-7-10(12)14/h1-5,7H,(H,16,17). The number of nitrogens with zero attached hydrogens (tertiary/aromatic N) is 2. The van der Waals surface area contributed by atoms with E-state index in [-0.39, 0.29) is 0 Å². The monoisotopic (exact) mass is 351 g/mol. The van der Waals surface area contributed by atoms with Crippen LogP contribution in [0.1, 0.15) is 5.56 Å². The third kappa shape index (κ3) is 2.84. The highest BCUT2D eigenvalue weighted by atomic mass is 79.9. The first-order valence-electron chi connectivity index (χ1n) is 4.77. The SMILES string of the molecule is N#Cc1ccc(Nc2ccncc2Br)c(Br)c1. The molecule has 0 atom stereocenters. The van der Waals surface area contributed by atoms with E-state index in [4.69, 9.17) is 5.26 Å². The maximum absolute atomic E-state index is 8.78. The molecular weight excluding hydrogens is 346 g/mol. The molecule has 0 spiro atoms. The van der Waals surface area contributed by atoms with Crippen molar-refractivity contribution in [3.63, 3.8) is 0 Å². The molecule has 0 unspecified atom stereocenters. The van der Waals surface area contributed by atoms with Gasteiger partial charge in [0.15, 0.2) is 0 Å². The fourth-order valence-corrected chi connectivity index (χ4v) is 2.14. The second kappa shape index (κ2) is 5.30. The van der Waals surface area contributed by atoms with Gasteiger partial charge in [0.25, 0.3) is 0 Å². The largest absolute Gasteiger partial charge is 0.354 e. The van der Waals surface area contributed by atoms with Crippen molar-refractivity contribution in [3.05, 3.63) is 51.2 Å². The lowest BCUT2D eigenvalue weighted by Crippen LogP contribution is -1.93. The topological polar surface area (TPSA) is 48.7 Å². The lowest BCUT2D eigenvalue weighted by molar-refractivity contribution is 1.30. The number of aromatic nitrogens is 1. The van der Waals surface area contributed by atoms with Crippen molar-refractivity contribution in [1.29, 1.82) is 5.26 Å². The predicted octanol–water partition coefficient (Wildman–Crippen LogP) is 4.22. The zero-order valence-electron chi connectivity index (χ0n) is 8.61. The van der Waals surface area contributed by atoms with E-state index in [0.717, 1.165) is 20.3 Å². The van der Waals surface area contributed by atoms with E-state index < -0.39 is 0 Å². The summed E-state index contributed by atoms with van der Waals surface area (Å²) in [5.41, 5.74) is 2.44. The van der Waals surface area contributed by atoms with Crippen molar-refractivity contribution in [1.82, 2.24) is 4.98 Å². The van der Waals surface area contributed by atoms with Crippen LogP contribution in [0.25, 0.3) is 0 Å². The minimum atomic E-state index is 0.621. The van der Waals surface area contributed by atoms with Crippen LogP contribution in [0.4, 0.5) is 11.4 Å². The highest BCUT2D eigenvalue weighted by molar-refractivity contribution is 9.11. The van der Waals surface area contributed by atoms with E-state index in [1.54, 1.807) is 24.5 Å². The number of rotatable bonds is 2. The number of anilines is 2. The summed E-state index contributed by atoms with van der Waals surface area (Å²) >= 11 is 6.84. The van der Waals surface area contributed by atoms with Gasteiger partial charge in [-0.2, -0.15) is 5.26 Å². The van der Waals surface area contributed by atoms with Crippen LogP contribution in [0.15, 0.2) is 45.6 Å². The molecule has 17 heavy (non-hydrogen) atoms. The summed E-state index contributed by atoms with van der Waals surface area (Å²) in [7, 11) is 0. The molecule has 84 valence electrons. The molecule has 1 aromatic heterocycles. The van der Waals surface area contributed by atoms with E-state index in [2.05, 4.69) is 48.2 Å². The second-order valence-electron chi connectivity index (χ2n) is 3.29. The van der Waals surface area contributed by atoms with Crippen LogP contribution in [0.5, 0.6) is 0 Å². The molecule has 0 aliphatic heterocycles. The number of nitrogens with one attached hydrogen (secondary N) is 1. The van der Waals surface area contributed by atoms with Crippen molar-refractivity contribution in [2.75, 3.05) is 5.32 Å². The molecule has 2 rings (SSSR count). The van der Waals surface area contributed by atoms with Gasteiger partial charge in [-0.25, -0.2) is 0 Å². The van der Waals surface area contributed by atoms with Gasteiger partial charge in [0, 0.05) is 16.9 Å². The molecule has 2 aromatic rings. The maximum atomic E-state index is 8.78. The zero-order valence-corrected chi connectivity index (χ0v) is 11.8. The molecule has 0 saturated carbocycles. The van der Waals surface area contributed by atoms with Crippen LogP contribution in [0.3, 0.4) is 0 Å². The summed E-state index contributed by atoms with van der Waals surface area (Å²) < 4.78 is 1.73. The Morgan fingerprint density at radius 2 is 1.88 bits per heavy atom. The van der Waals surface area contributed by atoms with Gasteiger partial charge in [0.2, 0.25) is 0 Å². The van der Waals surface area contributed by atoms with Gasteiger partial charge < -0.3 is 5.32 Å². The molecular formula is C12H7Br2N3. The molecule has 0 aliphatic carbocycles. The lowest BCUT2D eigenvalue weighted by atomic mass is 10.2. The van der Waals surface area contributed by atoms with Gasteiger partial charge in [0.1, 0.15) is 0 Å². The average molecular weight is 353 g/mol. The minimum Gasteiger partial charge on any atom is -0.354 e. The number of benzene rings is 1. The lowest BCUT2D eigenvalue weighted by Gasteiger charge is -2.09. The van der Waals surface area contributed by atoms with Crippen LogP contribution >= 0.6 is 31.9 Å². The maximum Gasteiger partial charge on any atom is 0.0992 e. The Kier molecular flexibility index (Phi) is 3.77.